The number of hydrogen-bond donors (Lipinski definition) is 1. The lowest BCUT2D eigenvalue weighted by Crippen LogP contribution is -2.03. The highest BCUT2D eigenvalue weighted by atomic mass is 35.5. The van der Waals surface area contributed by atoms with Gasteiger partial charge in [-0.15, -0.1) is 0 Å². The molecule has 0 fully saturated rings. The van der Waals surface area contributed by atoms with Crippen molar-refractivity contribution in [1.82, 2.24) is 9.78 Å². The predicted octanol–water partition coefficient (Wildman–Crippen LogP) is 2.80. The van der Waals surface area contributed by atoms with E-state index in [4.69, 9.17) is 22.1 Å². The zero-order valence-electron chi connectivity index (χ0n) is 10.5. The summed E-state index contributed by atoms with van der Waals surface area (Å²) in [7, 11) is 1.91. The van der Waals surface area contributed by atoms with Crippen LogP contribution in [-0.4, -0.2) is 9.78 Å². The van der Waals surface area contributed by atoms with Gasteiger partial charge in [0.05, 0.1) is 22.1 Å². The van der Waals surface area contributed by atoms with Gasteiger partial charge in [-0.05, 0) is 24.6 Å². The lowest BCUT2D eigenvalue weighted by atomic mass is 10.3. The van der Waals surface area contributed by atoms with Gasteiger partial charge in [0.1, 0.15) is 12.4 Å². The van der Waals surface area contributed by atoms with E-state index in [2.05, 4.69) is 12.0 Å². The van der Waals surface area contributed by atoms with Crippen LogP contribution in [0.1, 0.15) is 18.3 Å². The van der Waals surface area contributed by atoms with E-state index in [9.17, 15) is 0 Å². The van der Waals surface area contributed by atoms with E-state index >= 15 is 0 Å². The second kappa shape index (κ2) is 5.31. The SMILES string of the molecule is CCc1cc(COc2ccc(N)c(Cl)c2)n(C)n1. The van der Waals surface area contributed by atoms with Gasteiger partial charge in [-0.2, -0.15) is 5.10 Å². The molecule has 0 aliphatic heterocycles. The molecule has 18 heavy (non-hydrogen) atoms. The molecule has 5 heteroatoms. The fourth-order valence-corrected chi connectivity index (χ4v) is 1.80. The van der Waals surface area contributed by atoms with Crippen molar-refractivity contribution >= 4 is 17.3 Å². The van der Waals surface area contributed by atoms with Gasteiger partial charge in [0.25, 0.3) is 0 Å². The molecule has 2 N–H and O–H groups in total. The first-order chi connectivity index (χ1) is 8.60. The first kappa shape index (κ1) is 12.8. The second-order valence-electron chi connectivity index (χ2n) is 4.08. The number of nitrogens with two attached hydrogens (primary N) is 1. The smallest absolute Gasteiger partial charge is 0.130 e. The van der Waals surface area contributed by atoms with Crippen molar-refractivity contribution in [3.05, 3.63) is 40.7 Å². The van der Waals surface area contributed by atoms with Crippen molar-refractivity contribution in [2.75, 3.05) is 5.73 Å². The summed E-state index contributed by atoms with van der Waals surface area (Å²) in [6.07, 6.45) is 0.918. The van der Waals surface area contributed by atoms with Gasteiger partial charge in [0, 0.05) is 13.1 Å². The number of benzene rings is 1. The van der Waals surface area contributed by atoms with Crippen molar-refractivity contribution in [3.8, 4) is 5.75 Å². The van der Waals surface area contributed by atoms with Crippen molar-refractivity contribution in [2.45, 2.75) is 20.0 Å². The Morgan fingerprint density at radius 2 is 2.17 bits per heavy atom. The van der Waals surface area contributed by atoms with Crippen LogP contribution in [0.4, 0.5) is 5.69 Å². The molecular formula is C13H16ClN3O. The molecule has 0 radical (unpaired) electrons. The molecule has 0 atom stereocenters. The number of aryl methyl sites for hydroxylation is 2. The lowest BCUT2D eigenvalue weighted by molar-refractivity contribution is 0.295. The first-order valence-corrected chi connectivity index (χ1v) is 6.17. The van der Waals surface area contributed by atoms with E-state index < -0.39 is 0 Å². The molecule has 1 aromatic carbocycles. The molecule has 2 aromatic rings. The number of nitrogens with zero attached hydrogens (tertiary/aromatic N) is 2. The fourth-order valence-electron chi connectivity index (χ4n) is 1.63. The maximum Gasteiger partial charge on any atom is 0.130 e. The number of nitrogen functional groups attached to an aromatic ring is 1. The van der Waals surface area contributed by atoms with E-state index in [0.29, 0.717) is 23.1 Å². The van der Waals surface area contributed by atoms with E-state index in [0.717, 1.165) is 17.8 Å². The Hall–Kier alpha value is -1.68. The van der Waals surface area contributed by atoms with Gasteiger partial charge >= 0.3 is 0 Å². The molecule has 0 bridgehead atoms. The number of halogens is 1. The number of hydrogen-bond acceptors (Lipinski definition) is 3. The third-order valence-corrected chi connectivity index (χ3v) is 3.08. The van der Waals surface area contributed by atoms with Gasteiger partial charge < -0.3 is 10.5 Å². The Morgan fingerprint density at radius 1 is 1.39 bits per heavy atom. The Bertz CT molecular complexity index is 551. The summed E-state index contributed by atoms with van der Waals surface area (Å²) in [5.41, 5.74) is 8.28. The van der Waals surface area contributed by atoms with Crippen LogP contribution in [0.25, 0.3) is 0 Å². The standard InChI is InChI=1S/C13H16ClN3O/c1-3-9-6-10(17(2)16-9)8-18-11-4-5-13(15)12(14)7-11/h4-7H,3,8,15H2,1-2H3. The highest BCUT2D eigenvalue weighted by Gasteiger charge is 2.05. The van der Waals surface area contributed by atoms with Crippen LogP contribution >= 0.6 is 11.6 Å². The molecular weight excluding hydrogens is 250 g/mol. The van der Waals surface area contributed by atoms with E-state index in [1.54, 1.807) is 18.2 Å². The summed E-state index contributed by atoms with van der Waals surface area (Å²) in [6, 6.07) is 7.30. The van der Waals surface area contributed by atoms with Gasteiger partial charge in [-0.1, -0.05) is 18.5 Å². The average molecular weight is 266 g/mol. The maximum atomic E-state index is 5.93. The topological polar surface area (TPSA) is 53.1 Å². The summed E-state index contributed by atoms with van der Waals surface area (Å²) in [5, 5.41) is 4.87. The molecule has 0 spiro atoms. The third kappa shape index (κ3) is 2.76. The summed E-state index contributed by atoms with van der Waals surface area (Å²) in [4.78, 5) is 0. The summed E-state index contributed by atoms with van der Waals surface area (Å²) < 4.78 is 7.50. The first-order valence-electron chi connectivity index (χ1n) is 5.79. The fraction of sp³-hybridized carbons (Fsp3) is 0.308. The van der Waals surface area contributed by atoms with Crippen LogP contribution in [0.3, 0.4) is 0 Å². The van der Waals surface area contributed by atoms with Gasteiger partial charge in [0.15, 0.2) is 0 Å². The molecule has 1 aromatic heterocycles. The van der Waals surface area contributed by atoms with Crippen molar-refractivity contribution < 1.29 is 4.74 Å². The van der Waals surface area contributed by atoms with E-state index in [1.165, 1.54) is 0 Å². The summed E-state index contributed by atoms with van der Waals surface area (Å²) in [5.74, 6) is 0.702. The van der Waals surface area contributed by atoms with Gasteiger partial charge in [-0.3, -0.25) is 4.68 Å². The Balaban J connectivity index is 2.06. The Kier molecular flexibility index (Phi) is 3.77. The van der Waals surface area contributed by atoms with Crippen molar-refractivity contribution in [1.29, 1.82) is 0 Å². The zero-order valence-corrected chi connectivity index (χ0v) is 11.2. The minimum atomic E-state index is 0.462. The highest BCUT2D eigenvalue weighted by molar-refractivity contribution is 6.33. The summed E-state index contributed by atoms with van der Waals surface area (Å²) >= 11 is 5.93. The highest BCUT2D eigenvalue weighted by Crippen LogP contribution is 2.24. The molecule has 2 rings (SSSR count). The molecule has 0 unspecified atom stereocenters. The van der Waals surface area contributed by atoms with Gasteiger partial charge in [0.2, 0.25) is 0 Å². The monoisotopic (exact) mass is 265 g/mol. The average Bonchev–Trinajstić information content (AvgIpc) is 2.72. The zero-order chi connectivity index (χ0) is 13.1. The largest absolute Gasteiger partial charge is 0.487 e. The molecule has 96 valence electrons. The van der Waals surface area contributed by atoms with Crippen LogP contribution in [0.15, 0.2) is 24.3 Å². The third-order valence-electron chi connectivity index (χ3n) is 2.75. The molecule has 4 nitrogen and oxygen atoms in total. The van der Waals surface area contributed by atoms with Crippen LogP contribution in [0.5, 0.6) is 5.75 Å². The minimum absolute atomic E-state index is 0.462. The number of ether oxygens (including phenoxy) is 1. The normalized spacial score (nSPS) is 10.6. The van der Waals surface area contributed by atoms with Crippen LogP contribution < -0.4 is 10.5 Å². The van der Waals surface area contributed by atoms with Crippen LogP contribution in [-0.2, 0) is 20.1 Å². The summed E-state index contributed by atoms with van der Waals surface area (Å²) in [6.45, 7) is 2.54. The lowest BCUT2D eigenvalue weighted by Gasteiger charge is -2.07. The Labute approximate surface area is 111 Å². The van der Waals surface area contributed by atoms with Crippen molar-refractivity contribution in [3.63, 3.8) is 0 Å². The predicted molar refractivity (Wildman–Crippen MR) is 72.8 cm³/mol. The molecule has 0 saturated carbocycles. The molecule has 0 amide bonds. The molecule has 0 saturated heterocycles. The second-order valence-corrected chi connectivity index (χ2v) is 4.48. The van der Waals surface area contributed by atoms with E-state index in [-0.39, 0.29) is 0 Å². The molecule has 1 heterocycles. The van der Waals surface area contributed by atoms with Crippen LogP contribution in [0, 0.1) is 0 Å². The minimum Gasteiger partial charge on any atom is -0.487 e. The Morgan fingerprint density at radius 3 is 2.78 bits per heavy atom. The van der Waals surface area contributed by atoms with Crippen LogP contribution in [0.2, 0.25) is 5.02 Å². The number of anilines is 1. The molecule has 0 aliphatic rings. The van der Waals surface area contributed by atoms with Crippen molar-refractivity contribution in [2.24, 2.45) is 7.05 Å². The van der Waals surface area contributed by atoms with E-state index in [1.807, 2.05) is 17.8 Å². The number of rotatable bonds is 4. The number of aromatic nitrogens is 2. The maximum absolute atomic E-state index is 5.93. The van der Waals surface area contributed by atoms with Gasteiger partial charge in [-0.25, -0.2) is 0 Å². The quantitative estimate of drug-likeness (QED) is 0.865. The molecule has 0 aliphatic carbocycles.